The van der Waals surface area contributed by atoms with Gasteiger partial charge in [0.05, 0.1) is 0 Å². The number of benzene rings is 1. The van der Waals surface area contributed by atoms with E-state index in [1.54, 1.807) is 24.3 Å². The number of alkyl halides is 3. The Morgan fingerprint density at radius 3 is 2.76 bits per heavy atom. The number of nitrogen functional groups attached to an aromatic ring is 1. The molecule has 0 unspecified atom stereocenters. The van der Waals surface area contributed by atoms with E-state index in [0.717, 1.165) is 0 Å². The second kappa shape index (κ2) is 5.90. The summed E-state index contributed by atoms with van der Waals surface area (Å²) in [4.78, 5) is 14.5. The molecule has 0 spiro atoms. The van der Waals surface area contributed by atoms with Gasteiger partial charge in [-0.3, -0.25) is 4.79 Å². The molecule has 1 aromatic carbocycles. The molecule has 1 aromatic heterocycles. The Kier molecular flexibility index (Phi) is 4.38. The molecule has 0 aliphatic carbocycles. The van der Waals surface area contributed by atoms with Crippen LogP contribution in [0.1, 0.15) is 20.9 Å². The maximum atomic E-state index is 12.7. The van der Waals surface area contributed by atoms with E-state index in [-0.39, 0.29) is 11.7 Å². The summed E-state index contributed by atoms with van der Waals surface area (Å²) in [6.07, 6.45) is -4.73. The number of nitrogens with one attached hydrogen (secondary N) is 1. The fourth-order valence-electron chi connectivity index (χ4n) is 1.59. The SMILES string of the molecule is Nc1nc(C(F)(F)F)c(C(=O)NCc2cccc(Cl)c2)s1. The van der Waals surface area contributed by atoms with Gasteiger partial charge >= 0.3 is 6.18 Å². The Morgan fingerprint density at radius 2 is 2.14 bits per heavy atom. The lowest BCUT2D eigenvalue weighted by Crippen LogP contribution is -2.24. The van der Waals surface area contributed by atoms with Gasteiger partial charge in [-0.1, -0.05) is 35.1 Å². The van der Waals surface area contributed by atoms with E-state index in [9.17, 15) is 18.0 Å². The van der Waals surface area contributed by atoms with E-state index in [2.05, 4.69) is 10.3 Å². The van der Waals surface area contributed by atoms with Crippen molar-refractivity contribution in [2.24, 2.45) is 0 Å². The zero-order valence-corrected chi connectivity index (χ0v) is 11.9. The molecular formula is C12H9ClF3N3OS. The number of nitrogens with zero attached hydrogens (tertiary/aromatic N) is 1. The monoisotopic (exact) mass is 335 g/mol. The topological polar surface area (TPSA) is 68.0 Å². The Morgan fingerprint density at radius 1 is 1.43 bits per heavy atom. The van der Waals surface area contributed by atoms with Crippen LogP contribution in [-0.4, -0.2) is 10.9 Å². The van der Waals surface area contributed by atoms with Crippen molar-refractivity contribution in [1.82, 2.24) is 10.3 Å². The average Bonchev–Trinajstić information content (AvgIpc) is 2.78. The molecule has 9 heteroatoms. The molecular weight excluding hydrogens is 327 g/mol. The molecule has 4 nitrogen and oxygen atoms in total. The number of thiazole rings is 1. The highest BCUT2D eigenvalue weighted by atomic mass is 35.5. The van der Waals surface area contributed by atoms with Gasteiger partial charge in [0.2, 0.25) is 0 Å². The maximum absolute atomic E-state index is 12.7. The summed E-state index contributed by atoms with van der Waals surface area (Å²) in [5.41, 5.74) is 4.65. The molecule has 0 radical (unpaired) electrons. The molecule has 21 heavy (non-hydrogen) atoms. The van der Waals surface area contributed by atoms with Crippen LogP contribution in [0, 0.1) is 0 Å². The summed E-state index contributed by atoms with van der Waals surface area (Å²) >= 11 is 6.28. The van der Waals surface area contributed by atoms with Gasteiger partial charge in [0, 0.05) is 11.6 Å². The van der Waals surface area contributed by atoms with Crippen LogP contribution in [0.15, 0.2) is 24.3 Å². The lowest BCUT2D eigenvalue weighted by molar-refractivity contribution is -0.141. The highest BCUT2D eigenvalue weighted by molar-refractivity contribution is 7.17. The van der Waals surface area contributed by atoms with Gasteiger partial charge < -0.3 is 11.1 Å². The van der Waals surface area contributed by atoms with Crippen LogP contribution >= 0.6 is 22.9 Å². The van der Waals surface area contributed by atoms with Crippen LogP contribution in [-0.2, 0) is 12.7 Å². The lowest BCUT2D eigenvalue weighted by Gasteiger charge is -2.07. The summed E-state index contributed by atoms with van der Waals surface area (Å²) < 4.78 is 38.2. The molecule has 1 heterocycles. The van der Waals surface area contributed by atoms with Crippen molar-refractivity contribution in [3.05, 3.63) is 45.4 Å². The van der Waals surface area contributed by atoms with Gasteiger partial charge in [-0.25, -0.2) is 4.98 Å². The smallest absolute Gasteiger partial charge is 0.375 e. The van der Waals surface area contributed by atoms with Crippen LogP contribution in [0.25, 0.3) is 0 Å². The zero-order valence-electron chi connectivity index (χ0n) is 10.4. The minimum absolute atomic E-state index is 0.0501. The van der Waals surface area contributed by atoms with Gasteiger partial charge in [-0.2, -0.15) is 13.2 Å². The first kappa shape index (κ1) is 15.6. The normalized spacial score (nSPS) is 11.4. The highest BCUT2D eigenvalue weighted by Crippen LogP contribution is 2.35. The second-order valence-electron chi connectivity index (χ2n) is 4.04. The van der Waals surface area contributed by atoms with E-state index in [1.807, 2.05) is 0 Å². The molecule has 3 N–H and O–H groups in total. The summed E-state index contributed by atoms with van der Waals surface area (Å²) in [5.74, 6) is -0.878. The number of nitrogens with two attached hydrogens (primary N) is 1. The van der Waals surface area contributed by atoms with Crippen molar-refractivity contribution >= 4 is 34.0 Å². The van der Waals surface area contributed by atoms with E-state index in [0.29, 0.717) is 21.9 Å². The molecule has 112 valence electrons. The summed E-state index contributed by atoms with van der Waals surface area (Å²) in [6.45, 7) is 0.0501. The predicted molar refractivity (Wildman–Crippen MR) is 74.2 cm³/mol. The maximum Gasteiger partial charge on any atom is 0.435 e. The molecule has 1 amide bonds. The molecule has 0 saturated carbocycles. The van der Waals surface area contributed by atoms with Gasteiger partial charge in [0.1, 0.15) is 4.88 Å². The predicted octanol–water partition coefficient (Wildman–Crippen LogP) is 3.33. The first-order valence-corrected chi connectivity index (χ1v) is 6.83. The third kappa shape index (κ3) is 3.85. The Hall–Kier alpha value is -1.80. The quantitative estimate of drug-likeness (QED) is 0.904. The summed E-state index contributed by atoms with van der Waals surface area (Å²) in [5, 5.41) is 2.55. The van der Waals surface area contributed by atoms with Gasteiger partial charge in [-0.05, 0) is 17.7 Å². The third-order valence-electron chi connectivity index (χ3n) is 2.46. The fraction of sp³-hybridized carbons (Fsp3) is 0.167. The lowest BCUT2D eigenvalue weighted by atomic mass is 10.2. The largest absolute Gasteiger partial charge is 0.435 e. The van der Waals surface area contributed by atoms with Crippen molar-refractivity contribution in [3.8, 4) is 0 Å². The number of hydrogen-bond acceptors (Lipinski definition) is 4. The molecule has 0 aliphatic rings. The van der Waals surface area contributed by atoms with Crippen molar-refractivity contribution < 1.29 is 18.0 Å². The zero-order chi connectivity index (χ0) is 15.6. The fourth-order valence-corrected chi connectivity index (χ4v) is 2.57. The number of hydrogen-bond donors (Lipinski definition) is 2. The average molecular weight is 336 g/mol. The molecule has 0 aliphatic heterocycles. The Bertz CT molecular complexity index is 672. The van der Waals surface area contributed by atoms with Gasteiger partial charge in [0.25, 0.3) is 5.91 Å². The molecule has 2 rings (SSSR count). The molecule has 0 atom stereocenters. The molecule has 2 aromatic rings. The highest BCUT2D eigenvalue weighted by Gasteiger charge is 2.39. The van der Waals surface area contributed by atoms with Crippen molar-refractivity contribution in [1.29, 1.82) is 0 Å². The minimum Gasteiger partial charge on any atom is -0.375 e. The van der Waals surface area contributed by atoms with Crippen LogP contribution in [0.5, 0.6) is 0 Å². The Labute approximate surface area is 126 Å². The number of carbonyl (C=O) groups excluding carboxylic acids is 1. The van der Waals surface area contributed by atoms with Gasteiger partial charge in [-0.15, -0.1) is 0 Å². The number of halogens is 4. The summed E-state index contributed by atoms with van der Waals surface area (Å²) in [7, 11) is 0. The third-order valence-corrected chi connectivity index (χ3v) is 3.58. The van der Waals surface area contributed by atoms with E-state index in [4.69, 9.17) is 17.3 Å². The first-order chi connectivity index (χ1) is 9.77. The molecule has 0 fully saturated rings. The number of amides is 1. The Balaban J connectivity index is 2.14. The van der Waals surface area contributed by atoms with Crippen LogP contribution < -0.4 is 11.1 Å². The van der Waals surface area contributed by atoms with Crippen LogP contribution in [0.3, 0.4) is 0 Å². The first-order valence-electron chi connectivity index (χ1n) is 5.63. The number of anilines is 1. The molecule has 0 bridgehead atoms. The second-order valence-corrected chi connectivity index (χ2v) is 5.51. The van der Waals surface area contributed by atoms with Crippen molar-refractivity contribution in [2.45, 2.75) is 12.7 Å². The van der Waals surface area contributed by atoms with Crippen molar-refractivity contribution in [3.63, 3.8) is 0 Å². The van der Waals surface area contributed by atoms with E-state index >= 15 is 0 Å². The van der Waals surface area contributed by atoms with Gasteiger partial charge in [0.15, 0.2) is 10.8 Å². The molecule has 0 saturated heterocycles. The number of rotatable bonds is 3. The van der Waals surface area contributed by atoms with E-state index < -0.39 is 22.7 Å². The van der Waals surface area contributed by atoms with E-state index in [1.165, 1.54) is 0 Å². The number of aromatic nitrogens is 1. The van der Waals surface area contributed by atoms with Crippen molar-refractivity contribution in [2.75, 3.05) is 5.73 Å². The standard InChI is InChI=1S/C12H9ClF3N3OS/c13-7-3-1-2-6(4-7)5-18-10(20)8-9(12(14,15)16)19-11(17)21-8/h1-4H,5H2,(H2,17,19)(H,18,20). The van der Waals surface area contributed by atoms with Crippen LogP contribution in [0.2, 0.25) is 5.02 Å². The number of carbonyl (C=O) groups is 1. The van der Waals surface area contributed by atoms with Crippen LogP contribution in [0.4, 0.5) is 18.3 Å². The summed E-state index contributed by atoms with van der Waals surface area (Å²) in [6, 6.07) is 6.62. The minimum atomic E-state index is -4.73.